The van der Waals surface area contributed by atoms with Crippen LogP contribution in [0, 0.1) is 5.92 Å². The molecule has 1 nitrogen and oxygen atoms in total. The zero-order chi connectivity index (χ0) is 14.0. The number of nitrogens with one attached hydrogen (secondary N) is 1. The Morgan fingerprint density at radius 1 is 1.26 bits per heavy atom. The molecule has 0 aromatic heterocycles. The van der Waals surface area contributed by atoms with Gasteiger partial charge in [-0.3, -0.25) is 0 Å². The molecule has 0 saturated heterocycles. The molecule has 1 heteroatoms. The lowest BCUT2D eigenvalue weighted by molar-refractivity contribution is 0.299. The quantitative estimate of drug-likeness (QED) is 0.817. The van der Waals surface area contributed by atoms with Gasteiger partial charge in [0.2, 0.25) is 0 Å². The van der Waals surface area contributed by atoms with Gasteiger partial charge in [-0.05, 0) is 42.2 Å². The van der Waals surface area contributed by atoms with E-state index in [9.17, 15) is 0 Å². The van der Waals surface area contributed by atoms with Gasteiger partial charge in [-0.1, -0.05) is 58.4 Å². The van der Waals surface area contributed by atoms with Crippen LogP contribution in [-0.2, 0) is 5.41 Å². The summed E-state index contributed by atoms with van der Waals surface area (Å²) in [7, 11) is 0. The highest BCUT2D eigenvalue weighted by molar-refractivity contribution is 5.38. The summed E-state index contributed by atoms with van der Waals surface area (Å²) in [4.78, 5) is 0. The van der Waals surface area contributed by atoms with Crippen molar-refractivity contribution in [1.29, 1.82) is 0 Å². The molecule has 2 rings (SSSR count). The van der Waals surface area contributed by atoms with E-state index in [4.69, 9.17) is 0 Å². The fourth-order valence-corrected chi connectivity index (χ4v) is 3.22. The highest BCUT2D eigenvalue weighted by atomic mass is 15.0. The number of hydrogen-bond acceptors (Lipinski definition) is 1. The lowest BCUT2D eigenvalue weighted by Crippen LogP contribution is -2.39. The minimum atomic E-state index is 0.328. The van der Waals surface area contributed by atoms with Gasteiger partial charge in [-0.25, -0.2) is 0 Å². The molecule has 3 atom stereocenters. The molecule has 0 saturated carbocycles. The van der Waals surface area contributed by atoms with Crippen molar-refractivity contribution in [3.8, 4) is 0 Å². The molecule has 1 aliphatic rings. The van der Waals surface area contributed by atoms with Gasteiger partial charge >= 0.3 is 0 Å². The highest BCUT2D eigenvalue weighted by Crippen LogP contribution is 2.41. The number of benzene rings is 1. The molecule has 1 aromatic rings. The number of fused-ring (bicyclic) bond motifs is 1. The summed E-state index contributed by atoms with van der Waals surface area (Å²) >= 11 is 0. The Morgan fingerprint density at radius 2 is 1.95 bits per heavy atom. The SMILES string of the molecule is CCC(C)C(C)NC1CCC(C)(C)c2ccccc21. The summed E-state index contributed by atoms with van der Waals surface area (Å²) in [6.45, 7) is 11.7. The first-order valence-corrected chi connectivity index (χ1v) is 7.81. The lowest BCUT2D eigenvalue weighted by Gasteiger charge is -2.39. The van der Waals surface area contributed by atoms with Gasteiger partial charge < -0.3 is 5.32 Å². The predicted octanol–water partition coefficient (Wildman–Crippen LogP) is 4.82. The first-order valence-electron chi connectivity index (χ1n) is 7.81. The standard InChI is InChI=1S/C18H29N/c1-6-13(2)14(3)19-17-11-12-18(4,5)16-10-8-7-9-15(16)17/h7-10,13-14,17,19H,6,11-12H2,1-5H3. The molecule has 0 spiro atoms. The van der Waals surface area contributed by atoms with Crippen molar-refractivity contribution < 1.29 is 0 Å². The van der Waals surface area contributed by atoms with E-state index in [0.29, 0.717) is 17.5 Å². The van der Waals surface area contributed by atoms with Crippen LogP contribution in [0.15, 0.2) is 24.3 Å². The Labute approximate surface area is 118 Å². The van der Waals surface area contributed by atoms with Crippen LogP contribution in [0.5, 0.6) is 0 Å². The fourth-order valence-electron chi connectivity index (χ4n) is 3.22. The van der Waals surface area contributed by atoms with Gasteiger partial charge in [-0.15, -0.1) is 0 Å². The average molecular weight is 259 g/mol. The molecule has 0 bridgehead atoms. The predicted molar refractivity (Wildman–Crippen MR) is 83.5 cm³/mol. The molecule has 1 aliphatic carbocycles. The van der Waals surface area contributed by atoms with Gasteiger partial charge in [0.05, 0.1) is 0 Å². The van der Waals surface area contributed by atoms with E-state index in [2.05, 4.69) is 64.2 Å². The van der Waals surface area contributed by atoms with E-state index in [1.54, 1.807) is 0 Å². The summed E-state index contributed by atoms with van der Waals surface area (Å²) in [5.74, 6) is 0.738. The van der Waals surface area contributed by atoms with Gasteiger partial charge in [0.15, 0.2) is 0 Å². The van der Waals surface area contributed by atoms with E-state index in [1.165, 1.54) is 30.4 Å². The van der Waals surface area contributed by atoms with Crippen LogP contribution in [0.4, 0.5) is 0 Å². The zero-order valence-electron chi connectivity index (χ0n) is 13.2. The van der Waals surface area contributed by atoms with Crippen molar-refractivity contribution in [3.05, 3.63) is 35.4 Å². The second-order valence-electron chi connectivity index (χ2n) is 6.90. The Bertz CT molecular complexity index is 421. The normalized spacial score (nSPS) is 24.6. The smallest absolute Gasteiger partial charge is 0.0325 e. The van der Waals surface area contributed by atoms with E-state index in [0.717, 1.165) is 5.92 Å². The molecule has 0 amide bonds. The number of rotatable bonds is 4. The van der Waals surface area contributed by atoms with E-state index < -0.39 is 0 Å². The van der Waals surface area contributed by atoms with Gasteiger partial charge in [0.1, 0.15) is 0 Å². The third kappa shape index (κ3) is 3.02. The topological polar surface area (TPSA) is 12.0 Å². The van der Waals surface area contributed by atoms with Crippen molar-refractivity contribution >= 4 is 0 Å². The summed E-state index contributed by atoms with van der Waals surface area (Å²) in [6.07, 6.45) is 3.77. The summed E-state index contributed by atoms with van der Waals surface area (Å²) in [6, 6.07) is 10.1. The van der Waals surface area contributed by atoms with Crippen LogP contribution >= 0.6 is 0 Å². The van der Waals surface area contributed by atoms with Crippen molar-refractivity contribution in [2.45, 2.75) is 71.4 Å². The molecule has 0 radical (unpaired) electrons. The minimum absolute atomic E-state index is 0.328. The molecule has 106 valence electrons. The van der Waals surface area contributed by atoms with Crippen LogP contribution in [0.25, 0.3) is 0 Å². The Balaban J connectivity index is 2.21. The van der Waals surface area contributed by atoms with Crippen molar-refractivity contribution in [2.75, 3.05) is 0 Å². The Kier molecular flexibility index (Phi) is 4.35. The first kappa shape index (κ1) is 14.6. The van der Waals surface area contributed by atoms with Crippen LogP contribution in [0.3, 0.4) is 0 Å². The molecule has 1 N–H and O–H groups in total. The third-order valence-electron chi connectivity index (χ3n) is 5.08. The third-order valence-corrected chi connectivity index (χ3v) is 5.08. The van der Waals surface area contributed by atoms with Crippen LogP contribution in [0.2, 0.25) is 0 Å². The van der Waals surface area contributed by atoms with Gasteiger partial charge in [-0.2, -0.15) is 0 Å². The number of hydrogen-bond donors (Lipinski definition) is 1. The second-order valence-corrected chi connectivity index (χ2v) is 6.90. The van der Waals surface area contributed by atoms with E-state index in [-0.39, 0.29) is 0 Å². The zero-order valence-corrected chi connectivity index (χ0v) is 13.2. The lowest BCUT2D eigenvalue weighted by atomic mass is 9.71. The minimum Gasteiger partial charge on any atom is -0.307 e. The summed E-state index contributed by atoms with van der Waals surface area (Å²) in [5.41, 5.74) is 3.39. The molecule has 3 unspecified atom stereocenters. The van der Waals surface area contributed by atoms with Crippen molar-refractivity contribution in [1.82, 2.24) is 5.32 Å². The Morgan fingerprint density at radius 3 is 2.63 bits per heavy atom. The van der Waals surface area contributed by atoms with Crippen LogP contribution in [0.1, 0.15) is 71.0 Å². The maximum atomic E-state index is 3.86. The van der Waals surface area contributed by atoms with Crippen LogP contribution in [-0.4, -0.2) is 6.04 Å². The molecule has 0 aliphatic heterocycles. The van der Waals surface area contributed by atoms with E-state index in [1.807, 2.05) is 0 Å². The summed E-state index contributed by atoms with van der Waals surface area (Å²) in [5, 5.41) is 3.86. The second kappa shape index (κ2) is 5.66. The highest BCUT2D eigenvalue weighted by Gasteiger charge is 2.32. The molecule has 19 heavy (non-hydrogen) atoms. The van der Waals surface area contributed by atoms with Crippen molar-refractivity contribution in [2.24, 2.45) is 5.92 Å². The molecular weight excluding hydrogens is 230 g/mol. The maximum absolute atomic E-state index is 3.86. The average Bonchev–Trinajstić information content (AvgIpc) is 2.41. The van der Waals surface area contributed by atoms with Crippen LogP contribution < -0.4 is 5.32 Å². The monoisotopic (exact) mass is 259 g/mol. The maximum Gasteiger partial charge on any atom is 0.0325 e. The molecular formula is C18H29N. The van der Waals surface area contributed by atoms with Gasteiger partial charge in [0, 0.05) is 12.1 Å². The van der Waals surface area contributed by atoms with Crippen molar-refractivity contribution in [3.63, 3.8) is 0 Å². The fraction of sp³-hybridized carbons (Fsp3) is 0.667. The summed E-state index contributed by atoms with van der Waals surface area (Å²) < 4.78 is 0. The van der Waals surface area contributed by atoms with Gasteiger partial charge in [0.25, 0.3) is 0 Å². The van der Waals surface area contributed by atoms with E-state index >= 15 is 0 Å². The Hall–Kier alpha value is -0.820. The largest absolute Gasteiger partial charge is 0.307 e. The molecule has 0 fully saturated rings. The molecule has 1 aromatic carbocycles. The first-order chi connectivity index (χ1) is 8.95. The molecule has 0 heterocycles.